The number of thiophene rings is 1. The first kappa shape index (κ1) is 12.3. The standard InChI is InChI=1S/C12H13NO2S2/c1-14-10-5-6-13-9(12(10)15-2)8-17-11-4-3-7-16-11/h3-7H,8H2,1-2H3. The molecule has 0 N–H and O–H groups in total. The maximum absolute atomic E-state index is 5.34. The molecule has 0 bridgehead atoms. The van der Waals surface area contributed by atoms with Crippen LogP contribution >= 0.6 is 23.1 Å². The fraction of sp³-hybridized carbons (Fsp3) is 0.250. The van der Waals surface area contributed by atoms with Gasteiger partial charge in [-0.2, -0.15) is 0 Å². The number of hydrogen-bond acceptors (Lipinski definition) is 5. The lowest BCUT2D eigenvalue weighted by molar-refractivity contribution is 0.350. The summed E-state index contributed by atoms with van der Waals surface area (Å²) in [6.07, 6.45) is 1.74. The molecular formula is C12H13NO2S2. The fourth-order valence-corrected chi connectivity index (χ4v) is 3.16. The van der Waals surface area contributed by atoms with E-state index in [0.717, 1.165) is 22.9 Å². The molecule has 0 radical (unpaired) electrons. The summed E-state index contributed by atoms with van der Waals surface area (Å²) < 4.78 is 11.9. The highest BCUT2D eigenvalue weighted by molar-refractivity contribution is 8.00. The van der Waals surface area contributed by atoms with Crippen molar-refractivity contribution >= 4 is 23.1 Å². The molecule has 0 unspecified atom stereocenters. The molecule has 0 aliphatic heterocycles. The third-order valence-electron chi connectivity index (χ3n) is 2.21. The Morgan fingerprint density at radius 1 is 1.29 bits per heavy atom. The highest BCUT2D eigenvalue weighted by Gasteiger charge is 2.11. The zero-order chi connectivity index (χ0) is 12.1. The molecule has 2 rings (SSSR count). The maximum atomic E-state index is 5.34. The summed E-state index contributed by atoms with van der Waals surface area (Å²) in [4.78, 5) is 4.34. The molecule has 0 atom stereocenters. The predicted molar refractivity (Wildman–Crippen MR) is 71.2 cm³/mol. The molecule has 90 valence electrons. The molecular weight excluding hydrogens is 254 g/mol. The van der Waals surface area contributed by atoms with E-state index in [1.165, 1.54) is 4.21 Å². The van der Waals surface area contributed by atoms with Gasteiger partial charge in [0.05, 0.1) is 24.1 Å². The molecule has 2 aromatic rings. The van der Waals surface area contributed by atoms with Crippen molar-refractivity contribution in [1.82, 2.24) is 4.98 Å². The first-order chi connectivity index (χ1) is 8.35. The summed E-state index contributed by atoms with van der Waals surface area (Å²) in [5.74, 6) is 2.23. The van der Waals surface area contributed by atoms with Gasteiger partial charge in [0.15, 0.2) is 11.5 Å². The molecule has 0 fully saturated rings. The van der Waals surface area contributed by atoms with Crippen LogP contribution in [-0.2, 0) is 5.75 Å². The maximum Gasteiger partial charge on any atom is 0.183 e. The van der Waals surface area contributed by atoms with Gasteiger partial charge in [0.2, 0.25) is 0 Å². The number of aromatic nitrogens is 1. The molecule has 3 nitrogen and oxygen atoms in total. The van der Waals surface area contributed by atoms with Gasteiger partial charge in [-0.3, -0.25) is 4.98 Å². The van der Waals surface area contributed by atoms with Crippen molar-refractivity contribution in [1.29, 1.82) is 0 Å². The van der Waals surface area contributed by atoms with E-state index in [2.05, 4.69) is 16.4 Å². The average Bonchev–Trinajstić information content (AvgIpc) is 2.88. The zero-order valence-electron chi connectivity index (χ0n) is 9.67. The number of pyridine rings is 1. The molecule has 2 aromatic heterocycles. The molecule has 2 heterocycles. The van der Waals surface area contributed by atoms with Gasteiger partial charge in [-0.1, -0.05) is 6.07 Å². The average molecular weight is 267 g/mol. The van der Waals surface area contributed by atoms with Gasteiger partial charge < -0.3 is 9.47 Å². The molecule has 5 heteroatoms. The second-order valence-corrected chi connectivity index (χ2v) is 5.44. The lowest BCUT2D eigenvalue weighted by Gasteiger charge is -2.10. The van der Waals surface area contributed by atoms with Crippen molar-refractivity contribution in [2.75, 3.05) is 14.2 Å². The Hall–Kier alpha value is -1.20. The van der Waals surface area contributed by atoms with E-state index in [9.17, 15) is 0 Å². The lowest BCUT2D eigenvalue weighted by atomic mass is 10.3. The van der Waals surface area contributed by atoms with E-state index in [1.807, 2.05) is 6.07 Å². The fourth-order valence-electron chi connectivity index (χ4n) is 1.44. The Bertz CT molecular complexity index is 471. The topological polar surface area (TPSA) is 31.4 Å². The van der Waals surface area contributed by atoms with E-state index in [1.54, 1.807) is 49.6 Å². The van der Waals surface area contributed by atoms with Crippen LogP contribution in [-0.4, -0.2) is 19.2 Å². The SMILES string of the molecule is COc1ccnc(CSc2cccs2)c1OC. The Morgan fingerprint density at radius 2 is 2.18 bits per heavy atom. The molecule has 0 spiro atoms. The third kappa shape index (κ3) is 2.92. The summed E-state index contributed by atoms with van der Waals surface area (Å²) in [7, 11) is 3.27. The predicted octanol–water partition coefficient (Wildman–Crippen LogP) is 3.45. The summed E-state index contributed by atoms with van der Waals surface area (Å²) in [6.45, 7) is 0. The van der Waals surface area contributed by atoms with Gasteiger partial charge in [0, 0.05) is 18.0 Å². The zero-order valence-corrected chi connectivity index (χ0v) is 11.3. The Balaban J connectivity index is 2.14. The van der Waals surface area contributed by atoms with Crippen molar-refractivity contribution < 1.29 is 9.47 Å². The van der Waals surface area contributed by atoms with E-state index >= 15 is 0 Å². The quantitative estimate of drug-likeness (QED) is 0.776. The van der Waals surface area contributed by atoms with Crippen molar-refractivity contribution in [3.63, 3.8) is 0 Å². The number of rotatable bonds is 5. The Kier molecular flexibility index (Phi) is 4.28. The van der Waals surface area contributed by atoms with Crippen LogP contribution in [0, 0.1) is 0 Å². The van der Waals surface area contributed by atoms with Crippen LogP contribution in [0.1, 0.15) is 5.69 Å². The first-order valence-electron chi connectivity index (χ1n) is 5.07. The van der Waals surface area contributed by atoms with Crippen LogP contribution in [0.5, 0.6) is 11.5 Å². The largest absolute Gasteiger partial charge is 0.493 e. The van der Waals surface area contributed by atoms with E-state index in [4.69, 9.17) is 9.47 Å². The van der Waals surface area contributed by atoms with Crippen LogP contribution < -0.4 is 9.47 Å². The van der Waals surface area contributed by atoms with Crippen LogP contribution in [0.2, 0.25) is 0 Å². The lowest BCUT2D eigenvalue weighted by Crippen LogP contribution is -1.97. The molecule has 0 aliphatic carbocycles. The van der Waals surface area contributed by atoms with Crippen LogP contribution in [0.3, 0.4) is 0 Å². The van der Waals surface area contributed by atoms with Crippen molar-refractivity contribution in [2.24, 2.45) is 0 Å². The molecule has 0 aromatic carbocycles. The minimum Gasteiger partial charge on any atom is -0.493 e. The molecule has 0 aliphatic rings. The van der Waals surface area contributed by atoms with Crippen LogP contribution in [0.15, 0.2) is 34.0 Å². The summed E-state index contributed by atoms with van der Waals surface area (Å²) in [6, 6.07) is 5.95. The van der Waals surface area contributed by atoms with Gasteiger partial charge >= 0.3 is 0 Å². The van der Waals surface area contributed by atoms with Crippen molar-refractivity contribution in [3.8, 4) is 11.5 Å². The molecule has 0 amide bonds. The highest BCUT2D eigenvalue weighted by atomic mass is 32.2. The molecule has 0 saturated heterocycles. The van der Waals surface area contributed by atoms with Gasteiger partial charge in [-0.05, 0) is 11.4 Å². The molecule has 0 saturated carbocycles. The van der Waals surface area contributed by atoms with E-state index in [0.29, 0.717) is 0 Å². The Labute approximate surface area is 109 Å². The summed E-state index contributed by atoms with van der Waals surface area (Å²) >= 11 is 3.48. The van der Waals surface area contributed by atoms with Crippen molar-refractivity contribution in [3.05, 3.63) is 35.5 Å². The summed E-state index contributed by atoms with van der Waals surface area (Å²) in [5, 5.41) is 2.07. The summed E-state index contributed by atoms with van der Waals surface area (Å²) in [5.41, 5.74) is 0.908. The van der Waals surface area contributed by atoms with E-state index in [-0.39, 0.29) is 0 Å². The minimum atomic E-state index is 0.721. The highest BCUT2D eigenvalue weighted by Crippen LogP contribution is 2.34. The normalized spacial score (nSPS) is 10.2. The number of thioether (sulfide) groups is 1. The number of ether oxygens (including phenoxy) is 2. The Morgan fingerprint density at radius 3 is 2.82 bits per heavy atom. The third-order valence-corrected chi connectivity index (χ3v) is 4.35. The smallest absolute Gasteiger partial charge is 0.183 e. The van der Waals surface area contributed by atoms with Crippen LogP contribution in [0.25, 0.3) is 0 Å². The second kappa shape index (κ2) is 5.93. The van der Waals surface area contributed by atoms with Crippen molar-refractivity contribution in [2.45, 2.75) is 9.96 Å². The monoisotopic (exact) mass is 267 g/mol. The van der Waals surface area contributed by atoms with Gasteiger partial charge in [-0.25, -0.2) is 0 Å². The number of nitrogens with zero attached hydrogens (tertiary/aromatic N) is 1. The number of methoxy groups -OCH3 is 2. The first-order valence-corrected chi connectivity index (χ1v) is 6.94. The van der Waals surface area contributed by atoms with Gasteiger partial charge in [0.1, 0.15) is 0 Å². The minimum absolute atomic E-state index is 0.721. The van der Waals surface area contributed by atoms with Gasteiger partial charge in [-0.15, -0.1) is 23.1 Å². The number of hydrogen-bond donors (Lipinski definition) is 0. The molecule has 17 heavy (non-hydrogen) atoms. The van der Waals surface area contributed by atoms with Crippen LogP contribution in [0.4, 0.5) is 0 Å². The second-order valence-electron chi connectivity index (χ2n) is 3.21. The van der Waals surface area contributed by atoms with E-state index < -0.39 is 0 Å². The van der Waals surface area contributed by atoms with Gasteiger partial charge in [0.25, 0.3) is 0 Å².